The van der Waals surface area contributed by atoms with Crippen LogP contribution in [0, 0.1) is 0 Å². The average Bonchev–Trinajstić information content (AvgIpc) is 2.86. The molecule has 0 bridgehead atoms. The Labute approximate surface area is 108 Å². The predicted octanol–water partition coefficient (Wildman–Crippen LogP) is 3.39. The van der Waals surface area contributed by atoms with E-state index in [4.69, 9.17) is 0 Å². The van der Waals surface area contributed by atoms with Gasteiger partial charge in [0.05, 0.1) is 0 Å². The lowest BCUT2D eigenvalue weighted by Crippen LogP contribution is -2.07. The van der Waals surface area contributed by atoms with Gasteiger partial charge in [-0.25, -0.2) is 0 Å². The van der Waals surface area contributed by atoms with Gasteiger partial charge in [-0.2, -0.15) is 0 Å². The number of nitrogens with zero attached hydrogens (tertiary/aromatic N) is 1. The molecule has 0 amide bonds. The predicted molar refractivity (Wildman–Crippen MR) is 78.4 cm³/mol. The number of rotatable bonds is 2. The lowest BCUT2D eigenvalue weighted by atomic mass is 10.0. The summed E-state index contributed by atoms with van der Waals surface area (Å²) < 4.78 is 0. The first-order valence-electron chi connectivity index (χ1n) is 6.38. The van der Waals surface area contributed by atoms with Crippen LogP contribution in [0.15, 0.2) is 42.5 Å². The van der Waals surface area contributed by atoms with E-state index in [9.17, 15) is 0 Å². The van der Waals surface area contributed by atoms with Crippen LogP contribution < -0.4 is 10.2 Å². The lowest BCUT2D eigenvalue weighted by Gasteiger charge is -2.13. The first-order chi connectivity index (χ1) is 8.74. The van der Waals surface area contributed by atoms with Gasteiger partial charge >= 0.3 is 0 Å². The summed E-state index contributed by atoms with van der Waals surface area (Å²) in [6, 6.07) is 15.4. The molecule has 2 aromatic carbocycles. The van der Waals surface area contributed by atoms with Crippen LogP contribution in [0.4, 0.5) is 11.4 Å². The third-order valence-corrected chi connectivity index (χ3v) is 3.53. The topological polar surface area (TPSA) is 15.3 Å². The van der Waals surface area contributed by atoms with Crippen molar-refractivity contribution < 1.29 is 0 Å². The molecular weight excluding hydrogens is 220 g/mol. The molecule has 2 aromatic rings. The Morgan fingerprint density at radius 1 is 0.944 bits per heavy atom. The summed E-state index contributed by atoms with van der Waals surface area (Å²) in [6.07, 6.45) is 1.14. The van der Waals surface area contributed by atoms with Gasteiger partial charge in [0, 0.05) is 32.0 Å². The Kier molecular flexibility index (Phi) is 2.71. The van der Waals surface area contributed by atoms with E-state index in [0.717, 1.165) is 13.0 Å². The van der Waals surface area contributed by atoms with Crippen molar-refractivity contribution in [1.29, 1.82) is 0 Å². The number of fused-ring (bicyclic) bond motifs is 1. The Morgan fingerprint density at radius 2 is 1.67 bits per heavy atom. The van der Waals surface area contributed by atoms with E-state index in [1.54, 1.807) is 0 Å². The Bertz CT molecular complexity index is 556. The third kappa shape index (κ3) is 1.94. The summed E-state index contributed by atoms with van der Waals surface area (Å²) in [5.74, 6) is 0. The lowest BCUT2D eigenvalue weighted by molar-refractivity contribution is 1.11. The Morgan fingerprint density at radius 3 is 2.39 bits per heavy atom. The molecule has 1 aliphatic rings. The molecule has 0 fully saturated rings. The van der Waals surface area contributed by atoms with Crippen LogP contribution in [0.2, 0.25) is 0 Å². The highest BCUT2D eigenvalue weighted by Gasteiger charge is 2.10. The fourth-order valence-electron chi connectivity index (χ4n) is 2.44. The SMILES string of the molecule is CN(C)c1ccc(-c2ccc3c(c2)CCN3)cc1. The van der Waals surface area contributed by atoms with Crippen molar-refractivity contribution in [2.24, 2.45) is 0 Å². The summed E-state index contributed by atoms with van der Waals surface area (Å²) in [7, 11) is 4.13. The van der Waals surface area contributed by atoms with Crippen molar-refractivity contribution >= 4 is 11.4 Å². The second kappa shape index (κ2) is 4.37. The van der Waals surface area contributed by atoms with E-state index in [1.807, 2.05) is 0 Å². The smallest absolute Gasteiger partial charge is 0.0373 e. The van der Waals surface area contributed by atoms with E-state index >= 15 is 0 Å². The minimum atomic E-state index is 1.07. The summed E-state index contributed by atoms with van der Waals surface area (Å²) in [4.78, 5) is 2.12. The zero-order valence-electron chi connectivity index (χ0n) is 10.9. The maximum absolute atomic E-state index is 3.40. The van der Waals surface area contributed by atoms with Crippen molar-refractivity contribution in [3.63, 3.8) is 0 Å². The second-order valence-electron chi connectivity index (χ2n) is 4.99. The summed E-state index contributed by atoms with van der Waals surface area (Å²) >= 11 is 0. The zero-order chi connectivity index (χ0) is 12.5. The number of hydrogen-bond donors (Lipinski definition) is 1. The second-order valence-corrected chi connectivity index (χ2v) is 4.99. The van der Waals surface area contributed by atoms with E-state index in [-0.39, 0.29) is 0 Å². The van der Waals surface area contributed by atoms with E-state index in [2.05, 4.69) is 66.8 Å². The van der Waals surface area contributed by atoms with Gasteiger partial charge in [-0.15, -0.1) is 0 Å². The standard InChI is InChI=1S/C16H18N2/c1-18(2)15-6-3-12(4-7-15)13-5-8-16-14(11-13)9-10-17-16/h3-8,11,17H,9-10H2,1-2H3. The van der Waals surface area contributed by atoms with Crippen LogP contribution in [-0.2, 0) is 6.42 Å². The quantitative estimate of drug-likeness (QED) is 0.862. The van der Waals surface area contributed by atoms with Gasteiger partial charge in [-0.1, -0.05) is 18.2 Å². The highest BCUT2D eigenvalue weighted by molar-refractivity contribution is 5.71. The fraction of sp³-hybridized carbons (Fsp3) is 0.250. The zero-order valence-corrected chi connectivity index (χ0v) is 10.9. The van der Waals surface area contributed by atoms with Gasteiger partial charge in [0.1, 0.15) is 0 Å². The molecule has 0 aromatic heterocycles. The minimum absolute atomic E-state index is 1.07. The molecule has 0 unspecified atom stereocenters. The van der Waals surface area contributed by atoms with Crippen LogP contribution in [-0.4, -0.2) is 20.6 Å². The first kappa shape index (κ1) is 11.1. The van der Waals surface area contributed by atoms with Gasteiger partial charge in [0.25, 0.3) is 0 Å². The van der Waals surface area contributed by atoms with Crippen LogP contribution in [0.1, 0.15) is 5.56 Å². The summed E-state index contributed by atoms with van der Waals surface area (Å²) in [5, 5.41) is 3.40. The molecule has 1 heterocycles. The highest BCUT2D eigenvalue weighted by atomic mass is 15.1. The van der Waals surface area contributed by atoms with Crippen LogP contribution in [0.25, 0.3) is 11.1 Å². The molecule has 18 heavy (non-hydrogen) atoms. The number of benzene rings is 2. The summed E-state index contributed by atoms with van der Waals surface area (Å²) in [5.41, 5.74) is 6.56. The highest BCUT2D eigenvalue weighted by Crippen LogP contribution is 2.29. The summed E-state index contributed by atoms with van der Waals surface area (Å²) in [6.45, 7) is 1.07. The van der Waals surface area contributed by atoms with Gasteiger partial charge in [0.15, 0.2) is 0 Å². The molecule has 3 rings (SSSR count). The number of anilines is 2. The molecule has 1 aliphatic heterocycles. The van der Waals surface area contributed by atoms with Crippen molar-refractivity contribution in [1.82, 2.24) is 0 Å². The normalized spacial score (nSPS) is 13.0. The van der Waals surface area contributed by atoms with Crippen molar-refractivity contribution in [3.05, 3.63) is 48.0 Å². The van der Waals surface area contributed by atoms with Gasteiger partial charge in [-0.3, -0.25) is 0 Å². The molecule has 1 N–H and O–H groups in total. The van der Waals surface area contributed by atoms with Gasteiger partial charge in [-0.05, 0) is 47.4 Å². The minimum Gasteiger partial charge on any atom is -0.384 e. The van der Waals surface area contributed by atoms with Crippen molar-refractivity contribution in [2.75, 3.05) is 30.9 Å². The van der Waals surface area contributed by atoms with Crippen molar-refractivity contribution in [2.45, 2.75) is 6.42 Å². The van der Waals surface area contributed by atoms with E-state index < -0.39 is 0 Å². The number of hydrogen-bond acceptors (Lipinski definition) is 2. The van der Waals surface area contributed by atoms with E-state index in [1.165, 1.54) is 28.1 Å². The molecule has 2 heteroatoms. The largest absolute Gasteiger partial charge is 0.384 e. The maximum Gasteiger partial charge on any atom is 0.0373 e. The van der Waals surface area contributed by atoms with E-state index in [0.29, 0.717) is 0 Å². The molecule has 0 saturated heterocycles. The Hall–Kier alpha value is -1.96. The molecule has 0 radical (unpaired) electrons. The molecule has 0 saturated carbocycles. The van der Waals surface area contributed by atoms with Crippen LogP contribution in [0.3, 0.4) is 0 Å². The molecule has 0 spiro atoms. The van der Waals surface area contributed by atoms with Gasteiger partial charge in [0.2, 0.25) is 0 Å². The Balaban J connectivity index is 1.95. The first-order valence-corrected chi connectivity index (χ1v) is 6.38. The molecule has 0 aliphatic carbocycles. The molecule has 92 valence electrons. The molecule has 2 nitrogen and oxygen atoms in total. The van der Waals surface area contributed by atoms with Crippen molar-refractivity contribution in [3.8, 4) is 11.1 Å². The maximum atomic E-state index is 3.40. The average molecular weight is 238 g/mol. The van der Waals surface area contributed by atoms with Gasteiger partial charge < -0.3 is 10.2 Å². The molecule has 0 atom stereocenters. The fourth-order valence-corrected chi connectivity index (χ4v) is 2.44. The van der Waals surface area contributed by atoms with Crippen LogP contribution in [0.5, 0.6) is 0 Å². The third-order valence-electron chi connectivity index (χ3n) is 3.53. The molecular formula is C16H18N2. The number of nitrogens with one attached hydrogen (secondary N) is 1. The monoisotopic (exact) mass is 238 g/mol. The van der Waals surface area contributed by atoms with Crippen LogP contribution >= 0.6 is 0 Å².